The third kappa shape index (κ3) is 2.85. The molecule has 2 saturated heterocycles. The van der Waals surface area contributed by atoms with E-state index in [1.165, 1.54) is 0 Å². The van der Waals surface area contributed by atoms with Gasteiger partial charge in [0, 0.05) is 16.8 Å². The first-order valence-electron chi connectivity index (χ1n) is 7.91. The highest BCUT2D eigenvalue weighted by Gasteiger charge is 2.58. The van der Waals surface area contributed by atoms with Crippen molar-refractivity contribution in [3.8, 4) is 0 Å². The van der Waals surface area contributed by atoms with Crippen LogP contribution in [0.3, 0.4) is 0 Å². The van der Waals surface area contributed by atoms with E-state index in [1.54, 1.807) is 0 Å². The minimum absolute atomic E-state index is 0.0167. The maximum atomic E-state index is 13.1. The molecular formula is C17H20ClNO3S. The van der Waals surface area contributed by atoms with Crippen LogP contribution in [0.5, 0.6) is 0 Å². The summed E-state index contributed by atoms with van der Waals surface area (Å²) in [7, 11) is 0. The highest BCUT2D eigenvalue weighted by atomic mass is 35.5. The minimum Gasteiger partial charge on any atom is -0.448 e. The number of hydrogen-bond donors (Lipinski definition) is 1. The quantitative estimate of drug-likeness (QED) is 0.666. The summed E-state index contributed by atoms with van der Waals surface area (Å²) in [5.74, 6) is 0.211. The fourth-order valence-corrected chi connectivity index (χ4v) is 4.10. The number of amides is 1. The second kappa shape index (κ2) is 6.36. The maximum Gasteiger partial charge on any atom is 0.311 e. The lowest BCUT2D eigenvalue weighted by Crippen LogP contribution is -2.64. The van der Waals surface area contributed by atoms with Gasteiger partial charge in [-0.25, -0.2) is 0 Å². The van der Waals surface area contributed by atoms with Crippen molar-refractivity contribution in [3.63, 3.8) is 0 Å². The van der Waals surface area contributed by atoms with Gasteiger partial charge in [-0.15, -0.1) is 0 Å². The van der Waals surface area contributed by atoms with Gasteiger partial charge in [-0.2, -0.15) is 12.6 Å². The first-order chi connectivity index (χ1) is 11.0. The molecule has 0 saturated carbocycles. The van der Waals surface area contributed by atoms with E-state index in [-0.39, 0.29) is 30.4 Å². The van der Waals surface area contributed by atoms with Crippen molar-refractivity contribution in [1.82, 2.24) is 4.90 Å². The number of esters is 1. The van der Waals surface area contributed by atoms with Crippen LogP contribution in [0.2, 0.25) is 5.02 Å². The fourth-order valence-electron chi connectivity index (χ4n) is 3.54. The molecule has 6 heteroatoms. The first-order valence-corrected chi connectivity index (χ1v) is 8.92. The Balaban J connectivity index is 1.94. The molecule has 2 aliphatic heterocycles. The number of rotatable bonds is 4. The third-order valence-corrected chi connectivity index (χ3v) is 5.52. The summed E-state index contributed by atoms with van der Waals surface area (Å²) in [5, 5.41) is 0.674. The van der Waals surface area contributed by atoms with Gasteiger partial charge in [0.05, 0.1) is 12.5 Å². The van der Waals surface area contributed by atoms with E-state index in [2.05, 4.69) is 12.6 Å². The van der Waals surface area contributed by atoms with Crippen LogP contribution in [0.15, 0.2) is 24.3 Å². The molecule has 1 spiro atoms. The predicted octanol–water partition coefficient (Wildman–Crippen LogP) is 3.40. The summed E-state index contributed by atoms with van der Waals surface area (Å²) >= 11 is 10.4. The van der Waals surface area contributed by atoms with Crippen molar-refractivity contribution in [2.75, 3.05) is 5.75 Å². The van der Waals surface area contributed by atoms with Gasteiger partial charge in [-0.1, -0.05) is 30.7 Å². The largest absolute Gasteiger partial charge is 0.448 e. The molecule has 1 amide bonds. The van der Waals surface area contributed by atoms with Crippen LogP contribution in [0, 0.1) is 0 Å². The molecule has 3 rings (SSSR count). The second-order valence-electron chi connectivity index (χ2n) is 6.21. The summed E-state index contributed by atoms with van der Waals surface area (Å²) in [6, 6.07) is 7.60. The molecule has 1 aromatic carbocycles. The predicted molar refractivity (Wildman–Crippen MR) is 91.6 cm³/mol. The van der Waals surface area contributed by atoms with E-state index >= 15 is 0 Å². The molecule has 0 radical (unpaired) electrons. The molecule has 2 heterocycles. The summed E-state index contributed by atoms with van der Waals surface area (Å²) in [6.07, 6.45) is 2.34. The molecule has 2 aliphatic rings. The van der Waals surface area contributed by atoms with Gasteiger partial charge in [0.1, 0.15) is 0 Å². The van der Waals surface area contributed by atoms with Gasteiger partial charge >= 0.3 is 5.97 Å². The lowest BCUT2D eigenvalue weighted by Gasteiger charge is -2.51. The Bertz CT molecular complexity index is 607. The van der Waals surface area contributed by atoms with Crippen LogP contribution < -0.4 is 0 Å². The maximum absolute atomic E-state index is 13.1. The molecule has 3 atom stereocenters. The van der Waals surface area contributed by atoms with Crippen molar-refractivity contribution in [1.29, 1.82) is 0 Å². The number of halogens is 1. The number of carbonyl (C=O) groups excluding carboxylic acids is 2. The summed E-state index contributed by atoms with van der Waals surface area (Å²) in [5.41, 5.74) is 0.125. The lowest BCUT2D eigenvalue weighted by molar-refractivity contribution is -0.210. The van der Waals surface area contributed by atoms with Crippen LogP contribution in [-0.4, -0.2) is 34.2 Å². The number of ether oxygens (including phenoxy) is 1. The SMILES string of the molecule is CCC(CS)N1C(=O)[C@]2(CCC1c1ccc(Cl)cc1)CC(=O)O2. The molecule has 1 aromatic rings. The average Bonchev–Trinajstić information content (AvgIpc) is 2.52. The van der Waals surface area contributed by atoms with Crippen LogP contribution >= 0.6 is 24.2 Å². The smallest absolute Gasteiger partial charge is 0.311 e. The van der Waals surface area contributed by atoms with E-state index in [0.29, 0.717) is 17.2 Å². The topological polar surface area (TPSA) is 46.6 Å². The van der Waals surface area contributed by atoms with E-state index < -0.39 is 5.60 Å². The van der Waals surface area contributed by atoms with Crippen molar-refractivity contribution in [3.05, 3.63) is 34.9 Å². The third-order valence-electron chi connectivity index (χ3n) is 4.85. The molecule has 2 unspecified atom stereocenters. The summed E-state index contributed by atoms with van der Waals surface area (Å²) < 4.78 is 5.28. The van der Waals surface area contributed by atoms with E-state index in [4.69, 9.17) is 16.3 Å². The van der Waals surface area contributed by atoms with Crippen molar-refractivity contribution in [2.24, 2.45) is 0 Å². The standard InChI is InChI=1S/C17H20ClNO3S/c1-2-13(10-23)19-14(11-3-5-12(18)6-4-11)7-8-17(16(19)21)9-15(20)22-17/h3-6,13-14,23H,2,7-10H2,1H3/t13?,14?,17-/m0/s1. The molecule has 0 N–H and O–H groups in total. The zero-order valence-electron chi connectivity index (χ0n) is 13.0. The van der Waals surface area contributed by atoms with E-state index in [9.17, 15) is 9.59 Å². The summed E-state index contributed by atoms with van der Waals surface area (Å²) in [6.45, 7) is 2.04. The molecule has 0 aromatic heterocycles. The highest BCUT2D eigenvalue weighted by molar-refractivity contribution is 7.80. The fraction of sp³-hybridized carbons (Fsp3) is 0.529. The normalized spacial score (nSPS) is 28.5. The Hall–Kier alpha value is -1.20. The van der Waals surface area contributed by atoms with Gasteiger partial charge in [0.2, 0.25) is 5.60 Å². The Morgan fingerprint density at radius 3 is 2.57 bits per heavy atom. The Labute approximate surface area is 146 Å². The Morgan fingerprint density at radius 2 is 2.04 bits per heavy atom. The molecule has 0 bridgehead atoms. The van der Waals surface area contributed by atoms with Crippen LogP contribution in [0.25, 0.3) is 0 Å². The molecular weight excluding hydrogens is 334 g/mol. The number of nitrogens with zero attached hydrogens (tertiary/aromatic N) is 1. The average molecular weight is 354 g/mol. The second-order valence-corrected chi connectivity index (χ2v) is 7.01. The van der Waals surface area contributed by atoms with Gasteiger partial charge < -0.3 is 9.64 Å². The molecule has 4 nitrogen and oxygen atoms in total. The number of thiol groups is 1. The Kier molecular flexibility index (Phi) is 4.61. The number of piperidine rings is 1. The first kappa shape index (κ1) is 16.7. The molecule has 0 aliphatic carbocycles. The molecule has 23 heavy (non-hydrogen) atoms. The van der Waals surface area contributed by atoms with Crippen LogP contribution in [0.1, 0.15) is 44.2 Å². The molecule has 124 valence electrons. The lowest BCUT2D eigenvalue weighted by atomic mass is 9.79. The van der Waals surface area contributed by atoms with Crippen molar-refractivity contribution < 1.29 is 14.3 Å². The number of benzene rings is 1. The number of hydrogen-bond acceptors (Lipinski definition) is 4. The van der Waals surface area contributed by atoms with E-state index in [0.717, 1.165) is 18.4 Å². The zero-order valence-corrected chi connectivity index (χ0v) is 14.6. The minimum atomic E-state index is -0.934. The monoisotopic (exact) mass is 353 g/mol. The number of likely N-dealkylation sites (tertiary alicyclic amines) is 1. The Morgan fingerprint density at radius 1 is 1.39 bits per heavy atom. The van der Waals surface area contributed by atoms with E-state index in [1.807, 2.05) is 36.1 Å². The highest BCUT2D eigenvalue weighted by Crippen LogP contribution is 2.45. The molecule has 2 fully saturated rings. The van der Waals surface area contributed by atoms with Crippen LogP contribution in [-0.2, 0) is 14.3 Å². The zero-order chi connectivity index (χ0) is 16.6. The van der Waals surface area contributed by atoms with Gasteiger partial charge in [-0.3, -0.25) is 9.59 Å². The van der Waals surface area contributed by atoms with Crippen LogP contribution in [0.4, 0.5) is 0 Å². The van der Waals surface area contributed by atoms with Crippen molar-refractivity contribution in [2.45, 2.75) is 50.3 Å². The summed E-state index contributed by atoms with van der Waals surface area (Å²) in [4.78, 5) is 26.3. The van der Waals surface area contributed by atoms with Gasteiger partial charge in [0.25, 0.3) is 5.91 Å². The van der Waals surface area contributed by atoms with Crippen molar-refractivity contribution >= 4 is 36.1 Å². The van der Waals surface area contributed by atoms with Gasteiger partial charge in [-0.05, 0) is 37.0 Å². The van der Waals surface area contributed by atoms with Gasteiger partial charge in [0.15, 0.2) is 0 Å². The number of carbonyl (C=O) groups is 2.